The van der Waals surface area contributed by atoms with Gasteiger partial charge in [0.1, 0.15) is 6.54 Å². The molecule has 1 saturated heterocycles. The fraction of sp³-hybridized carbons (Fsp3) is 0.667. The van der Waals surface area contributed by atoms with Crippen molar-refractivity contribution in [2.75, 3.05) is 11.9 Å². The fourth-order valence-corrected chi connectivity index (χ4v) is 5.47. The van der Waals surface area contributed by atoms with Gasteiger partial charge in [-0.2, -0.15) is 0 Å². The Balaban J connectivity index is 1.41. The number of hydrogen-bond acceptors (Lipinski definition) is 5. The van der Waals surface area contributed by atoms with E-state index in [4.69, 9.17) is 0 Å². The van der Waals surface area contributed by atoms with Gasteiger partial charge in [0, 0.05) is 4.88 Å². The van der Waals surface area contributed by atoms with Crippen LogP contribution >= 0.6 is 11.3 Å². The van der Waals surface area contributed by atoms with E-state index in [0.29, 0.717) is 11.0 Å². The van der Waals surface area contributed by atoms with Gasteiger partial charge in [-0.3, -0.25) is 19.3 Å². The number of amides is 3. The largest absolute Gasteiger partial charge is 0.300 e. The second kappa shape index (κ2) is 6.52. The van der Waals surface area contributed by atoms with Crippen molar-refractivity contribution in [1.82, 2.24) is 9.88 Å². The van der Waals surface area contributed by atoms with Crippen LogP contribution < -0.4 is 5.32 Å². The third kappa shape index (κ3) is 3.10. The quantitative estimate of drug-likeness (QED) is 0.839. The minimum absolute atomic E-state index is 0.169. The zero-order valence-electron chi connectivity index (χ0n) is 14.4. The highest BCUT2D eigenvalue weighted by Gasteiger charge is 2.48. The van der Waals surface area contributed by atoms with Crippen molar-refractivity contribution in [3.8, 4) is 0 Å². The van der Waals surface area contributed by atoms with E-state index in [1.165, 1.54) is 16.2 Å². The number of nitrogens with zero attached hydrogens (tertiary/aromatic N) is 2. The molecule has 1 saturated carbocycles. The Labute approximate surface area is 151 Å². The smallest absolute Gasteiger partial charge is 0.246 e. The van der Waals surface area contributed by atoms with E-state index in [0.717, 1.165) is 55.5 Å². The van der Waals surface area contributed by atoms with Crippen molar-refractivity contribution in [1.29, 1.82) is 0 Å². The standard InChI is InChI=1S/C18H23N3O3S/c1-10-6-7-13-14(8-10)25-18(19-13)20-15(22)9-21-16(23)11-4-2-3-5-12(11)17(21)24/h10-12H,2-9H2,1H3,(H,19,20,22)/t10-,11-,12+/m0/s1. The van der Waals surface area contributed by atoms with E-state index >= 15 is 0 Å². The van der Waals surface area contributed by atoms with Crippen molar-refractivity contribution in [2.24, 2.45) is 17.8 Å². The van der Waals surface area contributed by atoms with Gasteiger partial charge in [-0.1, -0.05) is 19.8 Å². The number of carbonyl (C=O) groups excluding carboxylic acids is 3. The SMILES string of the molecule is C[C@H]1CCc2nc(NC(=O)CN3C(=O)[C@H]4CCCC[C@H]4C3=O)sc2C1. The van der Waals surface area contributed by atoms with Crippen LogP contribution in [0.15, 0.2) is 0 Å². The summed E-state index contributed by atoms with van der Waals surface area (Å²) in [4.78, 5) is 44.2. The predicted molar refractivity (Wildman–Crippen MR) is 94.1 cm³/mol. The first-order chi connectivity index (χ1) is 12.0. The molecule has 2 aliphatic carbocycles. The Bertz CT molecular complexity index is 705. The number of thiazole rings is 1. The van der Waals surface area contributed by atoms with Crippen molar-refractivity contribution in [3.63, 3.8) is 0 Å². The molecule has 2 heterocycles. The lowest BCUT2D eigenvalue weighted by Crippen LogP contribution is -2.38. The summed E-state index contributed by atoms with van der Waals surface area (Å²) in [5.41, 5.74) is 1.08. The molecule has 3 amide bonds. The molecule has 3 aliphatic rings. The summed E-state index contributed by atoms with van der Waals surface area (Å²) < 4.78 is 0. The molecule has 0 unspecified atom stereocenters. The molecule has 7 heteroatoms. The summed E-state index contributed by atoms with van der Waals surface area (Å²) in [5, 5.41) is 3.37. The van der Waals surface area contributed by atoms with Gasteiger partial charge in [-0.15, -0.1) is 11.3 Å². The highest BCUT2D eigenvalue weighted by atomic mass is 32.1. The molecule has 134 valence electrons. The third-order valence-corrected chi connectivity index (χ3v) is 6.70. The maximum Gasteiger partial charge on any atom is 0.246 e. The normalized spacial score (nSPS) is 28.7. The maximum atomic E-state index is 12.4. The van der Waals surface area contributed by atoms with Gasteiger partial charge < -0.3 is 5.32 Å². The number of carbonyl (C=O) groups is 3. The highest BCUT2D eigenvalue weighted by Crippen LogP contribution is 2.38. The van der Waals surface area contributed by atoms with E-state index < -0.39 is 0 Å². The van der Waals surface area contributed by atoms with Gasteiger partial charge in [0.05, 0.1) is 17.5 Å². The molecule has 25 heavy (non-hydrogen) atoms. The highest BCUT2D eigenvalue weighted by molar-refractivity contribution is 7.15. The topological polar surface area (TPSA) is 79.4 Å². The molecular weight excluding hydrogens is 338 g/mol. The minimum atomic E-state index is -0.334. The molecule has 1 aromatic heterocycles. The molecule has 0 bridgehead atoms. The lowest BCUT2D eigenvalue weighted by atomic mass is 9.81. The van der Waals surface area contributed by atoms with Crippen molar-refractivity contribution in [2.45, 2.75) is 51.9 Å². The zero-order valence-corrected chi connectivity index (χ0v) is 15.2. The molecule has 6 nitrogen and oxygen atoms in total. The number of fused-ring (bicyclic) bond motifs is 2. The molecule has 0 spiro atoms. The number of aromatic nitrogens is 1. The second-order valence-electron chi connectivity index (χ2n) is 7.55. The Morgan fingerprint density at radius 3 is 2.56 bits per heavy atom. The molecule has 3 atom stereocenters. The van der Waals surface area contributed by atoms with Crippen molar-refractivity contribution >= 4 is 34.2 Å². The number of anilines is 1. The number of rotatable bonds is 3. The molecule has 1 aromatic rings. The summed E-state index contributed by atoms with van der Waals surface area (Å²) in [5.74, 6) is -0.432. The van der Waals surface area contributed by atoms with Crippen LogP contribution in [-0.2, 0) is 27.2 Å². The summed E-state index contributed by atoms with van der Waals surface area (Å²) in [6, 6.07) is 0. The van der Waals surface area contributed by atoms with Crippen molar-refractivity contribution < 1.29 is 14.4 Å². The predicted octanol–water partition coefficient (Wildman–Crippen LogP) is 2.38. The number of likely N-dealkylation sites (tertiary alicyclic amines) is 1. The summed E-state index contributed by atoms with van der Waals surface area (Å²) in [6.07, 6.45) is 6.61. The van der Waals surface area contributed by atoms with Crippen LogP contribution in [-0.4, -0.2) is 34.2 Å². The van der Waals surface area contributed by atoms with Gasteiger partial charge in [-0.05, 0) is 38.0 Å². The molecule has 4 rings (SSSR count). The van der Waals surface area contributed by atoms with Gasteiger partial charge in [-0.25, -0.2) is 4.98 Å². The number of hydrogen-bond donors (Lipinski definition) is 1. The first kappa shape index (κ1) is 16.7. The first-order valence-corrected chi connectivity index (χ1v) is 9.98. The molecule has 1 aliphatic heterocycles. The lowest BCUT2D eigenvalue weighted by molar-refractivity contribution is -0.142. The van der Waals surface area contributed by atoms with Gasteiger partial charge >= 0.3 is 0 Å². The fourth-order valence-electron chi connectivity index (χ4n) is 4.28. The molecule has 1 N–H and O–H groups in total. The Morgan fingerprint density at radius 1 is 1.20 bits per heavy atom. The van der Waals surface area contributed by atoms with Gasteiger partial charge in [0.25, 0.3) is 0 Å². The van der Waals surface area contributed by atoms with Crippen LogP contribution in [0.3, 0.4) is 0 Å². The van der Waals surface area contributed by atoms with Gasteiger partial charge in [0.2, 0.25) is 17.7 Å². The van der Waals surface area contributed by atoms with Crippen LogP contribution in [0.4, 0.5) is 5.13 Å². The molecule has 0 aromatic carbocycles. The monoisotopic (exact) mass is 361 g/mol. The summed E-state index contributed by atoms with van der Waals surface area (Å²) >= 11 is 1.52. The Hall–Kier alpha value is -1.76. The van der Waals surface area contributed by atoms with Crippen LogP contribution in [0.25, 0.3) is 0 Å². The van der Waals surface area contributed by atoms with Crippen LogP contribution in [0.5, 0.6) is 0 Å². The number of nitrogens with one attached hydrogen (secondary N) is 1. The van der Waals surface area contributed by atoms with Gasteiger partial charge in [0.15, 0.2) is 5.13 Å². The average Bonchev–Trinajstić information content (AvgIpc) is 3.09. The molecule has 2 fully saturated rings. The minimum Gasteiger partial charge on any atom is -0.300 e. The van der Waals surface area contributed by atoms with E-state index in [9.17, 15) is 14.4 Å². The average molecular weight is 361 g/mol. The van der Waals surface area contributed by atoms with Crippen LogP contribution in [0.1, 0.15) is 49.6 Å². The maximum absolute atomic E-state index is 12.4. The lowest BCUT2D eigenvalue weighted by Gasteiger charge is -2.19. The van der Waals surface area contributed by atoms with Crippen LogP contribution in [0.2, 0.25) is 0 Å². The molecule has 0 radical (unpaired) electrons. The van der Waals surface area contributed by atoms with Crippen molar-refractivity contribution in [3.05, 3.63) is 10.6 Å². The van der Waals surface area contributed by atoms with E-state index in [-0.39, 0.29) is 36.1 Å². The van der Waals surface area contributed by atoms with E-state index in [1.54, 1.807) is 0 Å². The Kier molecular flexibility index (Phi) is 4.35. The van der Waals surface area contributed by atoms with E-state index in [1.807, 2.05) is 0 Å². The Morgan fingerprint density at radius 2 is 1.88 bits per heavy atom. The third-order valence-electron chi connectivity index (χ3n) is 5.67. The summed E-state index contributed by atoms with van der Waals surface area (Å²) in [7, 11) is 0. The zero-order chi connectivity index (χ0) is 17.6. The second-order valence-corrected chi connectivity index (χ2v) is 8.63. The first-order valence-electron chi connectivity index (χ1n) is 9.16. The van der Waals surface area contributed by atoms with E-state index in [2.05, 4.69) is 17.2 Å². The number of aryl methyl sites for hydroxylation is 1. The molecular formula is C18H23N3O3S. The summed E-state index contributed by atoms with van der Waals surface area (Å²) in [6.45, 7) is 2.04. The number of imide groups is 1. The van der Waals surface area contributed by atoms with Crippen LogP contribution in [0, 0.1) is 17.8 Å².